The smallest absolute Gasteiger partial charge is 0.259 e. The van der Waals surface area contributed by atoms with Gasteiger partial charge in [-0.05, 0) is 24.6 Å². The summed E-state index contributed by atoms with van der Waals surface area (Å²) in [5, 5.41) is 0.586. The predicted molar refractivity (Wildman–Crippen MR) is 68.1 cm³/mol. The molecule has 3 aromatic rings. The number of hydrogen-bond acceptors (Lipinski definition) is 4. The first kappa shape index (κ1) is 10.6. The number of hydrogen-bond donors (Lipinski definition) is 1. The molecule has 0 saturated heterocycles. The van der Waals surface area contributed by atoms with Gasteiger partial charge < -0.3 is 4.98 Å². The Morgan fingerprint density at radius 1 is 1.11 bits per heavy atom. The van der Waals surface area contributed by atoms with Gasteiger partial charge in [0.05, 0.1) is 17.1 Å². The van der Waals surface area contributed by atoms with Gasteiger partial charge in [-0.15, -0.1) is 0 Å². The van der Waals surface area contributed by atoms with Gasteiger partial charge in [0.1, 0.15) is 5.82 Å². The van der Waals surface area contributed by atoms with Crippen molar-refractivity contribution in [3.63, 3.8) is 0 Å². The molecule has 18 heavy (non-hydrogen) atoms. The summed E-state index contributed by atoms with van der Waals surface area (Å²) < 4.78 is 0. The molecule has 3 heterocycles. The van der Waals surface area contributed by atoms with E-state index in [4.69, 9.17) is 0 Å². The Morgan fingerprint density at radius 3 is 2.67 bits per heavy atom. The molecule has 0 aliphatic heterocycles. The zero-order chi connectivity index (χ0) is 12.5. The topological polar surface area (TPSA) is 71.5 Å². The summed E-state index contributed by atoms with van der Waals surface area (Å²) in [5.74, 6) is 0.530. The van der Waals surface area contributed by atoms with Gasteiger partial charge in [-0.25, -0.2) is 4.98 Å². The van der Waals surface area contributed by atoms with Crippen molar-refractivity contribution in [1.29, 1.82) is 0 Å². The second-order valence-corrected chi connectivity index (χ2v) is 4.00. The third-order valence-corrected chi connectivity index (χ3v) is 2.76. The van der Waals surface area contributed by atoms with E-state index in [1.54, 1.807) is 36.9 Å². The second-order valence-electron chi connectivity index (χ2n) is 4.00. The number of pyridine rings is 2. The first-order chi connectivity index (χ1) is 8.75. The van der Waals surface area contributed by atoms with Gasteiger partial charge in [-0.2, -0.15) is 0 Å². The lowest BCUT2D eigenvalue weighted by Gasteiger charge is -2.03. The number of aryl methyl sites for hydroxylation is 1. The van der Waals surface area contributed by atoms with Crippen LogP contribution in [0.1, 0.15) is 5.56 Å². The van der Waals surface area contributed by atoms with E-state index in [1.807, 2.05) is 6.92 Å². The lowest BCUT2D eigenvalue weighted by Crippen LogP contribution is -2.11. The van der Waals surface area contributed by atoms with Gasteiger partial charge >= 0.3 is 0 Å². The van der Waals surface area contributed by atoms with Crippen LogP contribution in [0.5, 0.6) is 0 Å². The van der Waals surface area contributed by atoms with Crippen LogP contribution in [0.25, 0.3) is 22.3 Å². The fourth-order valence-electron chi connectivity index (χ4n) is 1.90. The summed E-state index contributed by atoms with van der Waals surface area (Å²) in [6, 6.07) is 3.60. The first-order valence-corrected chi connectivity index (χ1v) is 5.51. The third kappa shape index (κ3) is 1.66. The van der Waals surface area contributed by atoms with Crippen LogP contribution in [0.4, 0.5) is 0 Å². The van der Waals surface area contributed by atoms with Crippen molar-refractivity contribution < 1.29 is 0 Å². The van der Waals surface area contributed by atoms with E-state index in [0.29, 0.717) is 16.7 Å². The van der Waals surface area contributed by atoms with E-state index in [9.17, 15) is 4.79 Å². The Hall–Kier alpha value is -2.56. The Kier molecular flexibility index (Phi) is 2.37. The van der Waals surface area contributed by atoms with Crippen LogP contribution in [-0.4, -0.2) is 19.9 Å². The Labute approximate surface area is 103 Å². The zero-order valence-electron chi connectivity index (χ0n) is 9.71. The molecule has 0 unspecified atom stereocenters. The fourth-order valence-corrected chi connectivity index (χ4v) is 1.90. The minimum absolute atomic E-state index is 0.147. The van der Waals surface area contributed by atoms with Gasteiger partial charge in [0.2, 0.25) is 0 Å². The van der Waals surface area contributed by atoms with Gasteiger partial charge in [-0.3, -0.25) is 14.8 Å². The summed E-state index contributed by atoms with van der Waals surface area (Å²) in [4.78, 5) is 27.3. The molecule has 0 fully saturated rings. The second kappa shape index (κ2) is 4.03. The van der Waals surface area contributed by atoms with Crippen molar-refractivity contribution >= 4 is 10.9 Å². The molecule has 5 nitrogen and oxygen atoms in total. The number of H-pyrrole nitrogens is 1. The molecule has 3 rings (SSSR count). The maximum absolute atomic E-state index is 12.1. The third-order valence-electron chi connectivity index (χ3n) is 2.76. The van der Waals surface area contributed by atoms with Crippen molar-refractivity contribution in [2.24, 2.45) is 0 Å². The van der Waals surface area contributed by atoms with Crippen LogP contribution in [0.3, 0.4) is 0 Å². The maximum atomic E-state index is 12.1. The molecule has 0 radical (unpaired) electrons. The highest BCUT2D eigenvalue weighted by Crippen LogP contribution is 2.15. The standard InChI is InChI=1S/C13H10N4O/c1-8-6-15-7-10-11(8)13(18)17-12(16-10)9-2-4-14-5-3-9/h2-7H,1H3,(H,16,17,18). The molecule has 0 bridgehead atoms. The highest BCUT2D eigenvalue weighted by molar-refractivity contribution is 5.81. The van der Waals surface area contributed by atoms with Crippen molar-refractivity contribution in [3.05, 3.63) is 52.8 Å². The molecule has 3 aromatic heterocycles. The van der Waals surface area contributed by atoms with Crippen molar-refractivity contribution in [1.82, 2.24) is 19.9 Å². The minimum atomic E-state index is -0.147. The lowest BCUT2D eigenvalue weighted by atomic mass is 10.2. The summed E-state index contributed by atoms with van der Waals surface area (Å²) in [6.07, 6.45) is 6.58. The van der Waals surface area contributed by atoms with E-state index in [1.165, 1.54) is 0 Å². The molecule has 88 valence electrons. The number of fused-ring (bicyclic) bond motifs is 1. The predicted octanol–water partition coefficient (Wildman–Crippen LogP) is 1.69. The average molecular weight is 238 g/mol. The molecule has 0 aliphatic carbocycles. The number of aromatic amines is 1. The van der Waals surface area contributed by atoms with Crippen LogP contribution in [0, 0.1) is 6.92 Å². The van der Waals surface area contributed by atoms with E-state index in [-0.39, 0.29) is 5.56 Å². The summed E-state index contributed by atoms with van der Waals surface area (Å²) in [7, 11) is 0. The van der Waals surface area contributed by atoms with Crippen LogP contribution >= 0.6 is 0 Å². The Bertz CT molecular complexity index is 765. The summed E-state index contributed by atoms with van der Waals surface area (Å²) in [6.45, 7) is 1.85. The van der Waals surface area contributed by atoms with E-state index in [0.717, 1.165) is 11.1 Å². The summed E-state index contributed by atoms with van der Waals surface area (Å²) >= 11 is 0. The van der Waals surface area contributed by atoms with Crippen LogP contribution in [0.15, 0.2) is 41.7 Å². The molecule has 0 amide bonds. The first-order valence-electron chi connectivity index (χ1n) is 5.51. The van der Waals surface area contributed by atoms with E-state index < -0.39 is 0 Å². The zero-order valence-corrected chi connectivity index (χ0v) is 9.71. The molecule has 0 aliphatic rings. The van der Waals surface area contributed by atoms with E-state index >= 15 is 0 Å². The molecular weight excluding hydrogens is 228 g/mol. The lowest BCUT2D eigenvalue weighted by molar-refractivity contribution is 1.15. The molecule has 0 atom stereocenters. The fraction of sp³-hybridized carbons (Fsp3) is 0.0769. The van der Waals surface area contributed by atoms with Crippen LogP contribution < -0.4 is 5.56 Å². The Balaban J connectivity index is 2.33. The highest BCUT2D eigenvalue weighted by Gasteiger charge is 2.07. The maximum Gasteiger partial charge on any atom is 0.259 e. The van der Waals surface area contributed by atoms with Gasteiger partial charge in [0.25, 0.3) is 5.56 Å². The van der Waals surface area contributed by atoms with Gasteiger partial charge in [-0.1, -0.05) is 0 Å². The van der Waals surface area contributed by atoms with Crippen molar-refractivity contribution in [2.45, 2.75) is 6.92 Å². The number of aromatic nitrogens is 4. The highest BCUT2D eigenvalue weighted by atomic mass is 16.1. The van der Waals surface area contributed by atoms with Crippen molar-refractivity contribution in [3.8, 4) is 11.4 Å². The summed E-state index contributed by atoms with van der Waals surface area (Å²) in [5.41, 5.74) is 2.10. The number of rotatable bonds is 1. The van der Waals surface area contributed by atoms with Crippen molar-refractivity contribution in [2.75, 3.05) is 0 Å². The number of nitrogens with zero attached hydrogens (tertiary/aromatic N) is 3. The van der Waals surface area contributed by atoms with Gasteiger partial charge in [0.15, 0.2) is 0 Å². The molecular formula is C13H10N4O. The average Bonchev–Trinajstić information content (AvgIpc) is 2.39. The Morgan fingerprint density at radius 2 is 1.89 bits per heavy atom. The molecule has 0 aromatic carbocycles. The molecule has 1 N–H and O–H groups in total. The largest absolute Gasteiger partial charge is 0.306 e. The molecule has 5 heteroatoms. The van der Waals surface area contributed by atoms with E-state index in [2.05, 4.69) is 19.9 Å². The SMILES string of the molecule is Cc1cncc2nc(-c3ccncc3)[nH]c(=O)c12. The normalized spacial score (nSPS) is 10.7. The minimum Gasteiger partial charge on any atom is -0.306 e. The molecule has 0 spiro atoms. The van der Waals surface area contributed by atoms with Gasteiger partial charge in [0, 0.05) is 24.2 Å². The monoisotopic (exact) mass is 238 g/mol. The molecule has 0 saturated carbocycles. The van der Waals surface area contributed by atoms with Crippen LogP contribution in [0.2, 0.25) is 0 Å². The van der Waals surface area contributed by atoms with Crippen LogP contribution in [-0.2, 0) is 0 Å². The number of nitrogens with one attached hydrogen (secondary N) is 1. The quantitative estimate of drug-likeness (QED) is 0.700.